The monoisotopic (exact) mass is 347 g/mol. The van der Waals surface area contributed by atoms with Gasteiger partial charge < -0.3 is 9.26 Å². The average molecular weight is 347 g/mol. The lowest BCUT2D eigenvalue weighted by Crippen LogP contribution is -2.47. The number of aromatic nitrogens is 3. The molecule has 0 aliphatic carbocycles. The largest absolute Gasteiger partial charge is 0.374 e. The van der Waals surface area contributed by atoms with Gasteiger partial charge in [-0.2, -0.15) is 5.10 Å². The fourth-order valence-electron chi connectivity index (χ4n) is 2.81. The Kier molecular flexibility index (Phi) is 5.50. The van der Waals surface area contributed by atoms with Gasteiger partial charge in [0.1, 0.15) is 0 Å². The predicted molar refractivity (Wildman–Crippen MR) is 92.4 cm³/mol. The van der Waals surface area contributed by atoms with Gasteiger partial charge in [-0.15, -0.1) is 0 Å². The lowest BCUT2D eigenvalue weighted by Gasteiger charge is -2.32. The zero-order valence-electron chi connectivity index (χ0n) is 14.9. The van der Waals surface area contributed by atoms with Crippen molar-refractivity contribution in [2.24, 2.45) is 0 Å². The van der Waals surface area contributed by atoms with E-state index in [1.54, 1.807) is 6.07 Å². The minimum absolute atomic E-state index is 0.0265. The van der Waals surface area contributed by atoms with Crippen molar-refractivity contribution in [1.29, 1.82) is 0 Å². The Hall–Kier alpha value is -2.19. The Morgan fingerprint density at radius 1 is 1.48 bits per heavy atom. The molecule has 3 heterocycles. The van der Waals surface area contributed by atoms with Crippen molar-refractivity contribution in [3.8, 4) is 0 Å². The first-order chi connectivity index (χ1) is 12.0. The van der Waals surface area contributed by atoms with Crippen LogP contribution < -0.4 is 5.32 Å². The molecule has 1 aliphatic rings. The minimum atomic E-state index is -0.109. The minimum Gasteiger partial charge on any atom is -0.374 e. The summed E-state index contributed by atoms with van der Waals surface area (Å²) in [7, 11) is 0. The van der Waals surface area contributed by atoms with Crippen LogP contribution in [0.3, 0.4) is 0 Å². The molecule has 0 bridgehead atoms. The van der Waals surface area contributed by atoms with Gasteiger partial charge in [0.2, 0.25) is 11.8 Å². The molecule has 136 valence electrons. The van der Waals surface area contributed by atoms with Gasteiger partial charge in [0.15, 0.2) is 0 Å². The number of carbonyl (C=O) groups excluding carboxylic acids is 1. The van der Waals surface area contributed by atoms with Gasteiger partial charge >= 0.3 is 0 Å². The van der Waals surface area contributed by atoms with E-state index < -0.39 is 0 Å². The summed E-state index contributed by atoms with van der Waals surface area (Å²) in [5.41, 5.74) is 1.95. The van der Waals surface area contributed by atoms with Crippen molar-refractivity contribution in [3.63, 3.8) is 0 Å². The molecule has 25 heavy (non-hydrogen) atoms. The summed E-state index contributed by atoms with van der Waals surface area (Å²) in [6, 6.07) is 1.77. The molecule has 1 aliphatic heterocycles. The first-order valence-corrected chi connectivity index (χ1v) is 8.59. The van der Waals surface area contributed by atoms with E-state index in [1.165, 1.54) is 0 Å². The van der Waals surface area contributed by atoms with Crippen molar-refractivity contribution in [2.45, 2.75) is 39.3 Å². The maximum atomic E-state index is 12.2. The molecule has 1 atom stereocenters. The normalized spacial score (nSPS) is 18.6. The quantitative estimate of drug-likeness (QED) is 0.855. The molecule has 1 N–H and O–H groups in total. The van der Waals surface area contributed by atoms with E-state index in [4.69, 9.17) is 9.26 Å². The molecule has 1 amide bonds. The summed E-state index contributed by atoms with van der Waals surface area (Å²) in [6.45, 7) is 9.09. The fraction of sp³-hybridized carbons (Fsp3) is 0.588. The average Bonchev–Trinajstić information content (AvgIpc) is 3.17. The van der Waals surface area contributed by atoms with Crippen LogP contribution in [0.4, 0.5) is 5.88 Å². The van der Waals surface area contributed by atoms with Crippen LogP contribution in [0.2, 0.25) is 0 Å². The van der Waals surface area contributed by atoms with Gasteiger partial charge in [-0.3, -0.25) is 19.7 Å². The fourth-order valence-corrected chi connectivity index (χ4v) is 2.81. The molecule has 1 fully saturated rings. The predicted octanol–water partition coefficient (Wildman–Crippen LogP) is 1.64. The molecule has 0 saturated carbocycles. The number of carbonyl (C=O) groups is 1. The Morgan fingerprint density at radius 2 is 2.32 bits per heavy atom. The molecule has 0 radical (unpaired) electrons. The number of morpholine rings is 1. The van der Waals surface area contributed by atoms with E-state index in [1.807, 2.05) is 37.8 Å². The lowest BCUT2D eigenvalue weighted by atomic mass is 10.1. The molecule has 0 aromatic carbocycles. The van der Waals surface area contributed by atoms with Crippen LogP contribution in [0, 0.1) is 6.92 Å². The molecule has 8 nitrogen and oxygen atoms in total. The lowest BCUT2D eigenvalue weighted by molar-refractivity contribution is -0.119. The molecule has 1 saturated heterocycles. The van der Waals surface area contributed by atoms with E-state index in [0.717, 1.165) is 17.8 Å². The second kappa shape index (κ2) is 7.79. The number of amides is 1. The van der Waals surface area contributed by atoms with Crippen LogP contribution in [0.25, 0.3) is 0 Å². The molecular formula is C17H25N5O3. The molecular weight excluding hydrogens is 322 g/mol. The Balaban J connectivity index is 1.48. The van der Waals surface area contributed by atoms with Crippen molar-refractivity contribution in [2.75, 3.05) is 31.6 Å². The zero-order chi connectivity index (χ0) is 17.8. The third kappa shape index (κ3) is 4.90. The van der Waals surface area contributed by atoms with E-state index in [0.29, 0.717) is 32.1 Å². The number of anilines is 1. The van der Waals surface area contributed by atoms with Crippen molar-refractivity contribution < 1.29 is 14.1 Å². The van der Waals surface area contributed by atoms with Crippen molar-refractivity contribution in [3.05, 3.63) is 29.7 Å². The van der Waals surface area contributed by atoms with Crippen LogP contribution >= 0.6 is 0 Å². The van der Waals surface area contributed by atoms with E-state index in [2.05, 4.69) is 20.5 Å². The van der Waals surface area contributed by atoms with E-state index >= 15 is 0 Å². The number of nitrogens with one attached hydrogen (secondary N) is 1. The highest BCUT2D eigenvalue weighted by atomic mass is 16.5. The van der Waals surface area contributed by atoms with Crippen LogP contribution in [-0.4, -0.2) is 58.1 Å². The third-order valence-corrected chi connectivity index (χ3v) is 4.13. The van der Waals surface area contributed by atoms with Gasteiger partial charge in [-0.1, -0.05) is 19.0 Å². The topological polar surface area (TPSA) is 85.4 Å². The van der Waals surface area contributed by atoms with Crippen LogP contribution in [-0.2, 0) is 16.1 Å². The van der Waals surface area contributed by atoms with Crippen LogP contribution in [0.5, 0.6) is 0 Å². The molecule has 2 aromatic rings. The molecule has 3 rings (SSSR count). The van der Waals surface area contributed by atoms with Gasteiger partial charge in [0.25, 0.3) is 0 Å². The Morgan fingerprint density at radius 3 is 3.00 bits per heavy atom. The summed E-state index contributed by atoms with van der Waals surface area (Å²) in [5, 5.41) is 11.0. The second-order valence-electron chi connectivity index (χ2n) is 6.79. The second-order valence-corrected chi connectivity index (χ2v) is 6.79. The first-order valence-electron chi connectivity index (χ1n) is 8.59. The smallest absolute Gasteiger partial charge is 0.240 e. The number of hydrogen-bond donors (Lipinski definition) is 1. The number of aryl methyl sites for hydroxylation is 1. The summed E-state index contributed by atoms with van der Waals surface area (Å²) in [6.07, 6.45) is 3.85. The summed E-state index contributed by atoms with van der Waals surface area (Å²) in [4.78, 5) is 14.3. The van der Waals surface area contributed by atoms with Crippen molar-refractivity contribution >= 4 is 11.8 Å². The summed E-state index contributed by atoms with van der Waals surface area (Å²) in [5.74, 6) is 0.549. The maximum Gasteiger partial charge on any atom is 0.240 e. The summed E-state index contributed by atoms with van der Waals surface area (Å²) >= 11 is 0. The number of nitrogens with zero attached hydrogens (tertiary/aromatic N) is 4. The van der Waals surface area contributed by atoms with Crippen molar-refractivity contribution in [1.82, 2.24) is 19.8 Å². The zero-order valence-corrected chi connectivity index (χ0v) is 14.9. The molecule has 0 spiro atoms. The highest BCUT2D eigenvalue weighted by molar-refractivity contribution is 5.90. The molecule has 2 aromatic heterocycles. The highest BCUT2D eigenvalue weighted by Crippen LogP contribution is 2.17. The Labute approximate surface area is 147 Å². The third-order valence-electron chi connectivity index (χ3n) is 4.13. The number of ether oxygens (including phenoxy) is 1. The SMILES string of the molecule is Cc1cnn(CC2CN(CC(=O)Nc3cc(C(C)C)no3)CCO2)c1. The number of hydrogen-bond acceptors (Lipinski definition) is 6. The maximum absolute atomic E-state index is 12.2. The van der Waals surface area contributed by atoms with E-state index in [9.17, 15) is 4.79 Å². The van der Waals surface area contributed by atoms with Gasteiger partial charge in [-0.25, -0.2) is 0 Å². The standard InChI is InChI=1S/C17H25N5O3/c1-12(2)15-6-17(25-20-15)19-16(23)11-21-4-5-24-14(9-21)10-22-8-13(3)7-18-22/h6-8,12,14H,4-5,9-11H2,1-3H3,(H,19,23). The number of rotatable bonds is 6. The Bertz CT molecular complexity index is 709. The van der Waals surface area contributed by atoms with E-state index in [-0.39, 0.29) is 17.9 Å². The van der Waals surface area contributed by atoms with Gasteiger partial charge in [-0.05, 0) is 18.4 Å². The molecule has 1 unspecified atom stereocenters. The highest BCUT2D eigenvalue weighted by Gasteiger charge is 2.23. The van der Waals surface area contributed by atoms with Gasteiger partial charge in [0, 0.05) is 25.4 Å². The molecule has 8 heteroatoms. The van der Waals surface area contributed by atoms with Gasteiger partial charge in [0.05, 0.1) is 37.7 Å². The first kappa shape index (κ1) is 17.6. The van der Waals surface area contributed by atoms with Crippen LogP contribution in [0.15, 0.2) is 23.0 Å². The van der Waals surface area contributed by atoms with Crippen LogP contribution in [0.1, 0.15) is 31.0 Å². The summed E-state index contributed by atoms with van der Waals surface area (Å²) < 4.78 is 12.8.